The molecular formula is C20H27N3O2. The topological polar surface area (TPSA) is 65.9 Å². The average molecular weight is 341 g/mol. The number of methoxy groups -OCH3 is 1. The number of ether oxygens (including phenoxy) is 1. The highest BCUT2D eigenvalue weighted by atomic mass is 16.5. The Balaban J connectivity index is 1.84. The lowest BCUT2D eigenvalue weighted by Gasteiger charge is -2.14. The monoisotopic (exact) mass is 341 g/mol. The van der Waals surface area contributed by atoms with E-state index in [0.717, 1.165) is 29.4 Å². The number of hydrogen-bond donors (Lipinski definition) is 3. The average Bonchev–Trinajstić information content (AvgIpc) is 2.67. The minimum Gasteiger partial charge on any atom is -0.497 e. The number of aliphatic imine (C=N–C) groups is 1. The second-order valence-corrected chi connectivity index (χ2v) is 5.69. The van der Waals surface area contributed by atoms with Gasteiger partial charge < -0.3 is 20.5 Å². The molecule has 0 saturated carbocycles. The molecule has 134 valence electrons. The lowest BCUT2D eigenvalue weighted by atomic mass is 10.1. The zero-order valence-electron chi connectivity index (χ0n) is 14.9. The van der Waals surface area contributed by atoms with E-state index in [9.17, 15) is 5.11 Å². The molecule has 0 saturated heterocycles. The normalized spacial score (nSPS) is 12.5. The highest BCUT2D eigenvalue weighted by Crippen LogP contribution is 2.15. The van der Waals surface area contributed by atoms with Gasteiger partial charge in [0.1, 0.15) is 5.75 Å². The predicted molar refractivity (Wildman–Crippen MR) is 102 cm³/mol. The second-order valence-electron chi connectivity index (χ2n) is 5.69. The Morgan fingerprint density at radius 2 is 1.80 bits per heavy atom. The van der Waals surface area contributed by atoms with Crippen LogP contribution in [0.15, 0.2) is 59.6 Å². The molecule has 0 aliphatic heterocycles. The summed E-state index contributed by atoms with van der Waals surface area (Å²) >= 11 is 0. The first kappa shape index (κ1) is 18.8. The number of aliphatic hydroxyl groups excluding tert-OH is 1. The van der Waals surface area contributed by atoms with Gasteiger partial charge in [-0.05, 0) is 36.6 Å². The van der Waals surface area contributed by atoms with Crippen molar-refractivity contribution >= 4 is 5.96 Å². The van der Waals surface area contributed by atoms with Gasteiger partial charge in [-0.3, -0.25) is 0 Å². The van der Waals surface area contributed by atoms with Crippen LogP contribution in [0.4, 0.5) is 0 Å². The molecule has 25 heavy (non-hydrogen) atoms. The zero-order chi connectivity index (χ0) is 17.9. The van der Waals surface area contributed by atoms with E-state index in [1.54, 1.807) is 7.11 Å². The van der Waals surface area contributed by atoms with Gasteiger partial charge in [-0.2, -0.15) is 0 Å². The molecule has 5 nitrogen and oxygen atoms in total. The summed E-state index contributed by atoms with van der Waals surface area (Å²) in [6.07, 6.45) is 0.148. The first-order valence-electron chi connectivity index (χ1n) is 8.61. The van der Waals surface area contributed by atoms with E-state index in [1.165, 1.54) is 0 Å². The molecule has 0 spiro atoms. The summed E-state index contributed by atoms with van der Waals surface area (Å²) in [4.78, 5) is 4.58. The SMILES string of the molecule is CCNC(=NCc1ccc(OC)cc1)NCCC(O)c1ccccc1. The summed E-state index contributed by atoms with van der Waals surface area (Å²) in [5.41, 5.74) is 2.05. The Bertz CT molecular complexity index is 642. The van der Waals surface area contributed by atoms with Crippen LogP contribution in [-0.4, -0.2) is 31.3 Å². The Morgan fingerprint density at radius 1 is 1.08 bits per heavy atom. The predicted octanol–water partition coefficient (Wildman–Crippen LogP) is 2.87. The molecule has 0 bridgehead atoms. The maximum atomic E-state index is 10.2. The van der Waals surface area contributed by atoms with E-state index in [-0.39, 0.29) is 0 Å². The quantitative estimate of drug-likeness (QED) is 0.510. The van der Waals surface area contributed by atoms with E-state index in [4.69, 9.17) is 4.74 Å². The van der Waals surface area contributed by atoms with Crippen LogP contribution in [0.25, 0.3) is 0 Å². The third-order valence-corrected chi connectivity index (χ3v) is 3.82. The van der Waals surface area contributed by atoms with Crippen molar-refractivity contribution < 1.29 is 9.84 Å². The van der Waals surface area contributed by atoms with Crippen LogP contribution < -0.4 is 15.4 Å². The third-order valence-electron chi connectivity index (χ3n) is 3.82. The fourth-order valence-electron chi connectivity index (χ4n) is 2.41. The van der Waals surface area contributed by atoms with Crippen molar-refractivity contribution in [2.75, 3.05) is 20.2 Å². The van der Waals surface area contributed by atoms with Crippen LogP contribution >= 0.6 is 0 Å². The molecule has 1 unspecified atom stereocenters. The van der Waals surface area contributed by atoms with Crippen LogP contribution in [0, 0.1) is 0 Å². The maximum absolute atomic E-state index is 10.2. The number of rotatable bonds is 8. The van der Waals surface area contributed by atoms with Gasteiger partial charge in [-0.15, -0.1) is 0 Å². The van der Waals surface area contributed by atoms with Gasteiger partial charge in [0.15, 0.2) is 5.96 Å². The summed E-state index contributed by atoms with van der Waals surface area (Å²) < 4.78 is 5.16. The summed E-state index contributed by atoms with van der Waals surface area (Å²) in [5.74, 6) is 1.59. The smallest absolute Gasteiger partial charge is 0.191 e. The molecule has 0 radical (unpaired) electrons. The van der Waals surface area contributed by atoms with Gasteiger partial charge in [0.2, 0.25) is 0 Å². The van der Waals surface area contributed by atoms with Crippen molar-refractivity contribution in [3.63, 3.8) is 0 Å². The van der Waals surface area contributed by atoms with Gasteiger partial charge in [0, 0.05) is 13.1 Å². The lowest BCUT2D eigenvalue weighted by Crippen LogP contribution is -2.38. The van der Waals surface area contributed by atoms with Crippen molar-refractivity contribution in [1.29, 1.82) is 0 Å². The fraction of sp³-hybridized carbons (Fsp3) is 0.350. The number of nitrogens with one attached hydrogen (secondary N) is 2. The summed E-state index contributed by atoms with van der Waals surface area (Å²) in [6, 6.07) is 17.6. The van der Waals surface area contributed by atoms with E-state index in [2.05, 4.69) is 15.6 Å². The van der Waals surface area contributed by atoms with E-state index in [1.807, 2.05) is 61.5 Å². The van der Waals surface area contributed by atoms with Crippen LogP contribution in [0.1, 0.15) is 30.6 Å². The van der Waals surface area contributed by atoms with Gasteiger partial charge >= 0.3 is 0 Å². The molecule has 3 N–H and O–H groups in total. The maximum Gasteiger partial charge on any atom is 0.191 e. The van der Waals surface area contributed by atoms with E-state index in [0.29, 0.717) is 19.5 Å². The zero-order valence-corrected chi connectivity index (χ0v) is 14.9. The number of nitrogens with zero attached hydrogens (tertiary/aromatic N) is 1. The molecule has 2 rings (SSSR count). The second kappa shape index (κ2) is 10.4. The van der Waals surface area contributed by atoms with Crippen molar-refractivity contribution in [2.45, 2.75) is 26.0 Å². The number of hydrogen-bond acceptors (Lipinski definition) is 3. The van der Waals surface area contributed by atoms with Crippen LogP contribution in [0.5, 0.6) is 5.75 Å². The standard InChI is InChI=1S/C20H27N3O2/c1-3-21-20(23-15-16-9-11-18(25-2)12-10-16)22-14-13-19(24)17-7-5-4-6-8-17/h4-12,19,24H,3,13-15H2,1-2H3,(H2,21,22,23). The molecule has 0 heterocycles. The first-order chi connectivity index (χ1) is 12.2. The molecule has 0 aromatic heterocycles. The summed E-state index contributed by atoms with van der Waals surface area (Å²) in [6.45, 7) is 4.05. The van der Waals surface area contributed by atoms with E-state index >= 15 is 0 Å². The van der Waals surface area contributed by atoms with E-state index < -0.39 is 6.10 Å². The van der Waals surface area contributed by atoms with Crippen molar-refractivity contribution in [3.8, 4) is 5.75 Å². The van der Waals surface area contributed by atoms with Crippen LogP contribution in [0.2, 0.25) is 0 Å². The van der Waals surface area contributed by atoms with Crippen molar-refractivity contribution in [3.05, 3.63) is 65.7 Å². The molecule has 0 aliphatic rings. The fourth-order valence-corrected chi connectivity index (χ4v) is 2.41. The van der Waals surface area contributed by atoms with Crippen molar-refractivity contribution in [1.82, 2.24) is 10.6 Å². The number of aliphatic hydroxyl groups is 1. The Morgan fingerprint density at radius 3 is 2.44 bits per heavy atom. The highest BCUT2D eigenvalue weighted by Gasteiger charge is 2.07. The van der Waals surface area contributed by atoms with Crippen LogP contribution in [-0.2, 0) is 6.54 Å². The Labute approximate surface area is 149 Å². The number of benzene rings is 2. The van der Waals surface area contributed by atoms with Gasteiger partial charge in [0.25, 0.3) is 0 Å². The highest BCUT2D eigenvalue weighted by molar-refractivity contribution is 5.79. The Hall–Kier alpha value is -2.53. The van der Waals surface area contributed by atoms with Crippen molar-refractivity contribution in [2.24, 2.45) is 4.99 Å². The molecule has 1 atom stereocenters. The Kier molecular flexibility index (Phi) is 7.79. The molecule has 2 aromatic carbocycles. The van der Waals surface area contributed by atoms with Gasteiger partial charge in [-0.25, -0.2) is 4.99 Å². The number of guanidine groups is 1. The van der Waals surface area contributed by atoms with Gasteiger partial charge in [-0.1, -0.05) is 42.5 Å². The minimum atomic E-state index is -0.474. The molecular weight excluding hydrogens is 314 g/mol. The minimum absolute atomic E-state index is 0.474. The summed E-state index contributed by atoms with van der Waals surface area (Å²) in [7, 11) is 1.66. The third kappa shape index (κ3) is 6.47. The largest absolute Gasteiger partial charge is 0.497 e. The molecule has 0 aliphatic carbocycles. The molecule has 0 fully saturated rings. The molecule has 2 aromatic rings. The van der Waals surface area contributed by atoms with Crippen LogP contribution in [0.3, 0.4) is 0 Å². The molecule has 5 heteroatoms. The summed E-state index contributed by atoms with van der Waals surface area (Å²) in [5, 5.41) is 16.7. The lowest BCUT2D eigenvalue weighted by molar-refractivity contribution is 0.168. The van der Waals surface area contributed by atoms with Gasteiger partial charge in [0.05, 0.1) is 19.8 Å². The first-order valence-corrected chi connectivity index (χ1v) is 8.61. The molecule has 0 amide bonds.